The molecule has 112 valence electrons. The van der Waals surface area contributed by atoms with E-state index in [4.69, 9.17) is 11.6 Å². The molecule has 7 heteroatoms. The van der Waals surface area contributed by atoms with Crippen molar-refractivity contribution >= 4 is 34.2 Å². The van der Waals surface area contributed by atoms with E-state index in [9.17, 15) is 9.59 Å². The van der Waals surface area contributed by atoms with Crippen molar-refractivity contribution in [2.24, 2.45) is 0 Å². The van der Waals surface area contributed by atoms with Gasteiger partial charge in [0, 0.05) is 24.7 Å². The largest absolute Gasteiger partial charge is 0.358 e. The Labute approximate surface area is 127 Å². The van der Waals surface area contributed by atoms with E-state index in [0.717, 1.165) is 6.54 Å². The average molecular weight is 309 g/mol. The van der Waals surface area contributed by atoms with Gasteiger partial charge < -0.3 is 20.5 Å². The zero-order valence-corrected chi connectivity index (χ0v) is 12.6. The number of benzene rings is 1. The van der Waals surface area contributed by atoms with Crippen LogP contribution in [0.25, 0.3) is 10.9 Å². The first-order valence-electron chi connectivity index (χ1n) is 6.48. The number of aromatic amines is 1. The van der Waals surface area contributed by atoms with Gasteiger partial charge in [-0.05, 0) is 26.2 Å². The first-order valence-corrected chi connectivity index (χ1v) is 6.86. The lowest BCUT2D eigenvalue weighted by atomic mass is 10.2. The Hall–Kier alpha value is -2.05. The number of anilines is 1. The van der Waals surface area contributed by atoms with E-state index in [-0.39, 0.29) is 11.1 Å². The molecule has 1 heterocycles. The van der Waals surface area contributed by atoms with Crippen molar-refractivity contribution in [3.05, 3.63) is 39.6 Å². The number of para-hydroxylation sites is 1. The fourth-order valence-electron chi connectivity index (χ4n) is 1.87. The molecule has 0 fully saturated rings. The molecule has 6 nitrogen and oxygen atoms in total. The summed E-state index contributed by atoms with van der Waals surface area (Å²) in [6.45, 7) is 1.22. The van der Waals surface area contributed by atoms with E-state index in [0.29, 0.717) is 22.5 Å². The van der Waals surface area contributed by atoms with Gasteiger partial charge in [-0.1, -0.05) is 17.7 Å². The zero-order valence-electron chi connectivity index (χ0n) is 11.9. The number of carbonyl (C=O) groups excluding carboxylic acids is 1. The van der Waals surface area contributed by atoms with E-state index in [1.54, 1.807) is 18.2 Å². The number of halogens is 1. The van der Waals surface area contributed by atoms with Gasteiger partial charge in [0.25, 0.3) is 0 Å². The molecule has 0 spiro atoms. The predicted molar refractivity (Wildman–Crippen MR) is 85.2 cm³/mol. The van der Waals surface area contributed by atoms with Crippen molar-refractivity contribution < 1.29 is 4.79 Å². The summed E-state index contributed by atoms with van der Waals surface area (Å²) in [5.74, 6) is 0. The number of carbonyl (C=O) groups is 1. The number of hydrogen-bond acceptors (Lipinski definition) is 3. The Morgan fingerprint density at radius 1 is 1.38 bits per heavy atom. The summed E-state index contributed by atoms with van der Waals surface area (Å²) in [6, 6.07) is 4.64. The van der Waals surface area contributed by atoms with Crippen LogP contribution in [-0.2, 0) is 0 Å². The molecular weight excluding hydrogens is 292 g/mol. The summed E-state index contributed by atoms with van der Waals surface area (Å²) in [5.41, 5.74) is 0.476. The number of H-pyrrole nitrogens is 1. The van der Waals surface area contributed by atoms with Crippen LogP contribution in [0, 0.1) is 0 Å². The second-order valence-electron chi connectivity index (χ2n) is 4.88. The Balaban J connectivity index is 2.14. The summed E-state index contributed by atoms with van der Waals surface area (Å²) >= 11 is 6.01. The van der Waals surface area contributed by atoms with Crippen LogP contribution in [0.2, 0.25) is 5.02 Å². The van der Waals surface area contributed by atoms with E-state index < -0.39 is 6.03 Å². The zero-order chi connectivity index (χ0) is 15.4. The van der Waals surface area contributed by atoms with Crippen LogP contribution in [0.3, 0.4) is 0 Å². The molecule has 1 aromatic carbocycles. The number of amides is 2. The van der Waals surface area contributed by atoms with Gasteiger partial charge in [0.15, 0.2) is 0 Å². The van der Waals surface area contributed by atoms with E-state index >= 15 is 0 Å². The molecule has 0 aliphatic rings. The Morgan fingerprint density at radius 3 is 2.86 bits per heavy atom. The summed E-state index contributed by atoms with van der Waals surface area (Å²) in [6.07, 6.45) is 1.45. The van der Waals surface area contributed by atoms with Gasteiger partial charge in [0.1, 0.15) is 5.69 Å². The van der Waals surface area contributed by atoms with Crippen molar-refractivity contribution in [1.29, 1.82) is 0 Å². The topological polar surface area (TPSA) is 77.2 Å². The van der Waals surface area contributed by atoms with Crippen molar-refractivity contribution in [3.8, 4) is 0 Å². The summed E-state index contributed by atoms with van der Waals surface area (Å²) in [7, 11) is 3.83. The van der Waals surface area contributed by atoms with E-state index in [1.165, 1.54) is 6.20 Å². The Morgan fingerprint density at radius 2 is 2.14 bits per heavy atom. The number of fused-ring (bicyclic) bond motifs is 1. The predicted octanol–water partition coefficient (Wildman–Crippen LogP) is 1.86. The number of likely N-dealkylation sites (N-methyl/N-ethyl adjacent to an activating group) is 1. The first-order chi connectivity index (χ1) is 9.99. The molecule has 0 saturated heterocycles. The number of hydrogen-bond donors (Lipinski definition) is 3. The standard InChI is InChI=1S/C14H17ClN4O2/c1-19(2)7-6-16-14(21)18-11-8-17-12-9(13(11)20)4-3-5-10(12)15/h3-5,8H,6-7H2,1-2H3,(H,17,20)(H2,16,18,21). The van der Waals surface area contributed by atoms with Gasteiger partial charge in [-0.25, -0.2) is 4.79 Å². The van der Waals surface area contributed by atoms with E-state index in [2.05, 4.69) is 15.6 Å². The third kappa shape index (κ3) is 3.74. The molecule has 2 rings (SSSR count). The lowest BCUT2D eigenvalue weighted by molar-refractivity contribution is 0.250. The van der Waals surface area contributed by atoms with Gasteiger partial charge in [0.05, 0.1) is 10.5 Å². The highest BCUT2D eigenvalue weighted by Gasteiger charge is 2.09. The van der Waals surface area contributed by atoms with Gasteiger partial charge in [0.2, 0.25) is 5.43 Å². The quantitative estimate of drug-likeness (QED) is 0.807. The highest BCUT2D eigenvalue weighted by atomic mass is 35.5. The fraction of sp³-hybridized carbons (Fsp3) is 0.286. The van der Waals surface area contributed by atoms with Crippen LogP contribution in [-0.4, -0.2) is 43.1 Å². The molecule has 0 atom stereocenters. The minimum absolute atomic E-state index is 0.187. The lowest BCUT2D eigenvalue weighted by Crippen LogP contribution is -2.35. The van der Waals surface area contributed by atoms with Crippen LogP contribution in [0.1, 0.15) is 0 Å². The second-order valence-corrected chi connectivity index (χ2v) is 5.29. The van der Waals surface area contributed by atoms with Crippen LogP contribution in [0.5, 0.6) is 0 Å². The van der Waals surface area contributed by atoms with Crippen molar-refractivity contribution in [2.75, 3.05) is 32.5 Å². The van der Waals surface area contributed by atoms with Crippen LogP contribution >= 0.6 is 11.6 Å². The van der Waals surface area contributed by atoms with Gasteiger partial charge in [-0.15, -0.1) is 0 Å². The molecule has 0 saturated carbocycles. The Bertz CT molecular complexity index is 712. The molecule has 0 aliphatic heterocycles. The van der Waals surface area contributed by atoms with Gasteiger partial charge in [-0.3, -0.25) is 4.79 Å². The lowest BCUT2D eigenvalue weighted by Gasteiger charge is -2.11. The molecule has 2 aromatic rings. The number of nitrogens with zero attached hydrogens (tertiary/aromatic N) is 1. The van der Waals surface area contributed by atoms with Crippen molar-refractivity contribution in [2.45, 2.75) is 0 Å². The van der Waals surface area contributed by atoms with Crippen molar-refractivity contribution in [1.82, 2.24) is 15.2 Å². The molecule has 0 bridgehead atoms. The molecule has 2 amide bonds. The summed E-state index contributed by atoms with van der Waals surface area (Å²) in [4.78, 5) is 28.9. The Kier molecular flexibility index (Phi) is 4.82. The SMILES string of the molecule is CN(C)CCNC(=O)Nc1c[nH]c2c(Cl)cccc2c1=O. The van der Waals surface area contributed by atoms with Crippen molar-refractivity contribution in [3.63, 3.8) is 0 Å². The van der Waals surface area contributed by atoms with Gasteiger partial charge in [-0.2, -0.15) is 0 Å². The highest BCUT2D eigenvalue weighted by Crippen LogP contribution is 2.19. The number of nitrogens with one attached hydrogen (secondary N) is 3. The normalized spacial score (nSPS) is 10.9. The number of aromatic nitrogens is 1. The third-order valence-electron chi connectivity index (χ3n) is 2.96. The molecule has 0 unspecified atom stereocenters. The van der Waals surface area contributed by atoms with Crippen LogP contribution in [0.15, 0.2) is 29.2 Å². The second kappa shape index (κ2) is 6.60. The highest BCUT2D eigenvalue weighted by molar-refractivity contribution is 6.35. The van der Waals surface area contributed by atoms with E-state index in [1.807, 2.05) is 19.0 Å². The van der Waals surface area contributed by atoms with Crippen LogP contribution < -0.4 is 16.1 Å². The summed E-state index contributed by atoms with van der Waals surface area (Å²) in [5, 5.41) is 6.12. The maximum absolute atomic E-state index is 12.3. The fourth-order valence-corrected chi connectivity index (χ4v) is 2.10. The minimum Gasteiger partial charge on any atom is -0.358 e. The maximum atomic E-state index is 12.3. The third-order valence-corrected chi connectivity index (χ3v) is 3.27. The minimum atomic E-state index is -0.413. The number of pyridine rings is 1. The molecule has 0 aliphatic carbocycles. The number of rotatable bonds is 4. The molecule has 21 heavy (non-hydrogen) atoms. The van der Waals surface area contributed by atoms with Gasteiger partial charge >= 0.3 is 6.03 Å². The smallest absolute Gasteiger partial charge is 0.319 e. The molecule has 1 aromatic heterocycles. The van der Waals surface area contributed by atoms with Crippen LogP contribution in [0.4, 0.5) is 10.5 Å². The number of urea groups is 1. The summed E-state index contributed by atoms with van der Waals surface area (Å²) < 4.78 is 0. The first kappa shape index (κ1) is 15.3. The average Bonchev–Trinajstić information content (AvgIpc) is 2.42. The molecular formula is C14H17ClN4O2. The molecule has 0 radical (unpaired) electrons. The maximum Gasteiger partial charge on any atom is 0.319 e. The molecule has 3 N–H and O–H groups in total. The monoisotopic (exact) mass is 308 g/mol.